The van der Waals surface area contributed by atoms with Gasteiger partial charge in [-0.1, -0.05) is 55.5 Å². The lowest BCUT2D eigenvalue weighted by molar-refractivity contribution is 0.0603. The highest BCUT2D eigenvalue weighted by Crippen LogP contribution is 2.37. The molecule has 1 atom stereocenters. The molecule has 150 valence electrons. The predicted octanol–water partition coefficient (Wildman–Crippen LogP) is 5.39. The van der Waals surface area contributed by atoms with Gasteiger partial charge in [-0.25, -0.2) is 4.79 Å². The second-order valence-corrected chi connectivity index (χ2v) is 8.17. The number of aromatic nitrogens is 1. The Kier molecular flexibility index (Phi) is 4.43. The molecule has 0 aliphatic heterocycles. The standard InChI is InChI=1S/C26H23NO3/c1-16-13-22-25(23(28)14-16)24-20(26(29)30-2)11-6-12-21(24)27(22)15-18-9-5-8-17-7-3-4-10-19(17)18/h3-12,16H,13-15H2,1-2H3. The third-order valence-corrected chi connectivity index (χ3v) is 6.17. The molecule has 0 N–H and O–H groups in total. The van der Waals surface area contributed by atoms with Crippen LogP contribution in [0.25, 0.3) is 21.7 Å². The van der Waals surface area contributed by atoms with Crippen molar-refractivity contribution in [2.45, 2.75) is 26.3 Å². The Balaban J connectivity index is 1.79. The Morgan fingerprint density at radius 3 is 2.63 bits per heavy atom. The zero-order valence-electron chi connectivity index (χ0n) is 17.1. The van der Waals surface area contributed by atoms with Crippen molar-refractivity contribution < 1.29 is 14.3 Å². The summed E-state index contributed by atoms with van der Waals surface area (Å²) in [6.07, 6.45) is 1.33. The van der Waals surface area contributed by atoms with Gasteiger partial charge in [0.15, 0.2) is 5.78 Å². The fraction of sp³-hybridized carbons (Fsp3) is 0.231. The van der Waals surface area contributed by atoms with Crippen LogP contribution in [0.3, 0.4) is 0 Å². The average Bonchev–Trinajstić information content (AvgIpc) is 3.07. The minimum absolute atomic E-state index is 0.113. The zero-order chi connectivity index (χ0) is 20.8. The highest BCUT2D eigenvalue weighted by Gasteiger charge is 2.31. The molecule has 1 aliphatic rings. The van der Waals surface area contributed by atoms with E-state index in [2.05, 4.69) is 47.9 Å². The summed E-state index contributed by atoms with van der Waals surface area (Å²) in [6, 6.07) is 20.3. The second kappa shape index (κ2) is 7.13. The van der Waals surface area contributed by atoms with Crippen LogP contribution in [0.4, 0.5) is 0 Å². The van der Waals surface area contributed by atoms with E-state index in [9.17, 15) is 9.59 Å². The van der Waals surface area contributed by atoms with Gasteiger partial charge in [0.2, 0.25) is 0 Å². The van der Waals surface area contributed by atoms with E-state index in [-0.39, 0.29) is 11.7 Å². The first-order valence-corrected chi connectivity index (χ1v) is 10.3. The van der Waals surface area contributed by atoms with Gasteiger partial charge in [-0.15, -0.1) is 0 Å². The monoisotopic (exact) mass is 397 g/mol. The van der Waals surface area contributed by atoms with Crippen LogP contribution in [0.15, 0.2) is 60.7 Å². The van der Waals surface area contributed by atoms with Gasteiger partial charge in [0.25, 0.3) is 0 Å². The topological polar surface area (TPSA) is 48.3 Å². The Hall–Kier alpha value is -3.40. The Morgan fingerprint density at radius 2 is 1.80 bits per heavy atom. The number of rotatable bonds is 3. The van der Waals surface area contributed by atoms with Crippen LogP contribution in [-0.4, -0.2) is 23.4 Å². The number of benzene rings is 3. The Morgan fingerprint density at radius 1 is 1.03 bits per heavy atom. The second-order valence-electron chi connectivity index (χ2n) is 8.17. The van der Waals surface area contributed by atoms with Crippen LogP contribution >= 0.6 is 0 Å². The number of hydrogen-bond acceptors (Lipinski definition) is 3. The quantitative estimate of drug-likeness (QED) is 0.435. The van der Waals surface area contributed by atoms with Crippen molar-refractivity contribution in [3.05, 3.63) is 83.0 Å². The first kappa shape index (κ1) is 18.6. The third kappa shape index (κ3) is 2.83. The summed E-state index contributed by atoms with van der Waals surface area (Å²) < 4.78 is 7.25. The van der Waals surface area contributed by atoms with E-state index >= 15 is 0 Å². The lowest BCUT2D eigenvalue weighted by atomic mass is 9.86. The first-order valence-electron chi connectivity index (χ1n) is 10.3. The molecule has 0 fully saturated rings. The van der Waals surface area contributed by atoms with E-state index in [1.54, 1.807) is 6.07 Å². The summed E-state index contributed by atoms with van der Waals surface area (Å²) in [5.41, 5.74) is 4.30. The van der Waals surface area contributed by atoms with Crippen LogP contribution in [0, 0.1) is 5.92 Å². The van der Waals surface area contributed by atoms with Crippen molar-refractivity contribution >= 4 is 33.4 Å². The third-order valence-electron chi connectivity index (χ3n) is 6.17. The first-order chi connectivity index (χ1) is 14.6. The molecular formula is C26H23NO3. The predicted molar refractivity (Wildman–Crippen MR) is 118 cm³/mol. The number of ether oxygens (including phenoxy) is 1. The molecule has 0 radical (unpaired) electrons. The van der Waals surface area contributed by atoms with E-state index in [0.29, 0.717) is 24.1 Å². The Bertz CT molecular complexity index is 1310. The molecule has 3 aromatic carbocycles. The lowest BCUT2D eigenvalue weighted by Crippen LogP contribution is -2.20. The van der Waals surface area contributed by atoms with Crippen molar-refractivity contribution in [3.63, 3.8) is 0 Å². The maximum Gasteiger partial charge on any atom is 0.338 e. The average molecular weight is 397 g/mol. The van der Waals surface area contributed by atoms with E-state index in [1.807, 2.05) is 18.2 Å². The molecule has 0 saturated heterocycles. The van der Waals surface area contributed by atoms with E-state index in [1.165, 1.54) is 23.4 Å². The molecule has 0 saturated carbocycles. The van der Waals surface area contributed by atoms with E-state index < -0.39 is 5.97 Å². The van der Waals surface area contributed by atoms with Gasteiger partial charge in [0.1, 0.15) is 0 Å². The zero-order valence-corrected chi connectivity index (χ0v) is 17.1. The number of methoxy groups -OCH3 is 1. The van der Waals surface area contributed by atoms with Crippen molar-refractivity contribution in [1.82, 2.24) is 4.57 Å². The molecule has 1 aliphatic carbocycles. The summed E-state index contributed by atoms with van der Waals surface area (Å²) >= 11 is 0. The minimum Gasteiger partial charge on any atom is -0.465 e. The molecular weight excluding hydrogens is 374 g/mol. The molecule has 4 heteroatoms. The number of carbonyl (C=O) groups is 2. The fourth-order valence-electron chi connectivity index (χ4n) is 4.85. The van der Waals surface area contributed by atoms with Crippen LogP contribution in [0.2, 0.25) is 0 Å². The van der Waals surface area contributed by atoms with Crippen LogP contribution < -0.4 is 0 Å². The van der Waals surface area contributed by atoms with Crippen molar-refractivity contribution in [2.75, 3.05) is 7.11 Å². The van der Waals surface area contributed by atoms with E-state index in [0.717, 1.165) is 23.0 Å². The largest absolute Gasteiger partial charge is 0.465 e. The van der Waals surface area contributed by atoms with Crippen LogP contribution in [-0.2, 0) is 17.7 Å². The van der Waals surface area contributed by atoms with Crippen LogP contribution in [0.5, 0.6) is 0 Å². The molecule has 4 nitrogen and oxygen atoms in total. The van der Waals surface area contributed by atoms with Gasteiger partial charge in [0, 0.05) is 29.6 Å². The summed E-state index contributed by atoms with van der Waals surface area (Å²) in [5.74, 6) is -0.0129. The molecule has 5 rings (SSSR count). The highest BCUT2D eigenvalue weighted by molar-refractivity contribution is 6.16. The number of esters is 1. The molecule has 1 unspecified atom stereocenters. The van der Waals surface area contributed by atoms with Crippen molar-refractivity contribution in [2.24, 2.45) is 5.92 Å². The van der Waals surface area contributed by atoms with Gasteiger partial charge < -0.3 is 9.30 Å². The molecule has 0 bridgehead atoms. The number of Topliss-reactive ketones (excluding diaryl/α,β-unsaturated/α-hetero) is 1. The van der Waals surface area contributed by atoms with Gasteiger partial charge >= 0.3 is 5.97 Å². The number of fused-ring (bicyclic) bond motifs is 4. The molecule has 1 aromatic heterocycles. The van der Waals surface area contributed by atoms with Gasteiger partial charge in [-0.3, -0.25) is 4.79 Å². The lowest BCUT2D eigenvalue weighted by Gasteiger charge is -2.21. The molecule has 30 heavy (non-hydrogen) atoms. The fourth-order valence-corrected chi connectivity index (χ4v) is 4.85. The molecule has 0 spiro atoms. The van der Waals surface area contributed by atoms with E-state index in [4.69, 9.17) is 4.74 Å². The maximum absolute atomic E-state index is 13.1. The Labute approximate surface area is 175 Å². The maximum atomic E-state index is 13.1. The van der Waals surface area contributed by atoms with Gasteiger partial charge in [-0.2, -0.15) is 0 Å². The van der Waals surface area contributed by atoms with Crippen LogP contribution in [0.1, 0.15) is 45.3 Å². The SMILES string of the molecule is COC(=O)c1cccc2c1c1c(n2Cc2cccc3ccccc23)CC(C)CC1=O. The number of ketones is 1. The van der Waals surface area contributed by atoms with Crippen molar-refractivity contribution in [3.8, 4) is 0 Å². The molecule has 1 heterocycles. The smallest absolute Gasteiger partial charge is 0.338 e. The normalized spacial score (nSPS) is 16.1. The molecule has 0 amide bonds. The number of nitrogens with zero attached hydrogens (tertiary/aromatic N) is 1. The van der Waals surface area contributed by atoms with Crippen molar-refractivity contribution in [1.29, 1.82) is 0 Å². The minimum atomic E-state index is -0.405. The van der Waals surface area contributed by atoms with Gasteiger partial charge in [-0.05, 0) is 40.8 Å². The summed E-state index contributed by atoms with van der Waals surface area (Å²) in [5, 5.41) is 3.13. The summed E-state index contributed by atoms with van der Waals surface area (Å²) in [7, 11) is 1.38. The van der Waals surface area contributed by atoms with Gasteiger partial charge in [0.05, 0.1) is 18.2 Å². The highest BCUT2D eigenvalue weighted by atomic mass is 16.5. The molecule has 4 aromatic rings. The summed E-state index contributed by atoms with van der Waals surface area (Å²) in [6.45, 7) is 2.76. The summed E-state index contributed by atoms with van der Waals surface area (Å²) in [4.78, 5) is 25.6. The number of hydrogen-bond donors (Lipinski definition) is 0. The number of carbonyl (C=O) groups excluding carboxylic acids is 2.